The molecule has 0 saturated heterocycles. The van der Waals surface area contributed by atoms with Crippen LogP contribution in [-0.2, 0) is 12.8 Å². The number of hydrogen-bond acceptors (Lipinski definition) is 3. The van der Waals surface area contributed by atoms with Crippen LogP contribution in [-0.4, -0.2) is 11.8 Å². The van der Waals surface area contributed by atoms with Crippen LogP contribution in [0.5, 0.6) is 0 Å². The van der Waals surface area contributed by atoms with Crippen molar-refractivity contribution in [2.45, 2.75) is 40.0 Å². The summed E-state index contributed by atoms with van der Waals surface area (Å²) in [5.41, 5.74) is 10.1. The number of amides is 2. The van der Waals surface area contributed by atoms with E-state index in [0.29, 0.717) is 22.0 Å². The van der Waals surface area contributed by atoms with Gasteiger partial charge in [-0.15, -0.1) is 11.3 Å². The predicted molar refractivity (Wildman–Crippen MR) is 128 cm³/mol. The van der Waals surface area contributed by atoms with Gasteiger partial charge in [0.25, 0.3) is 11.8 Å². The molecule has 2 amide bonds. The second kappa shape index (κ2) is 8.31. The first-order chi connectivity index (χ1) is 14.7. The molecule has 5 heteroatoms. The molecular weight excluding hydrogens is 404 g/mol. The van der Waals surface area contributed by atoms with E-state index in [1.807, 2.05) is 54.6 Å². The number of anilines is 1. The van der Waals surface area contributed by atoms with Crippen LogP contribution in [0.25, 0.3) is 11.1 Å². The van der Waals surface area contributed by atoms with E-state index in [1.54, 1.807) is 0 Å². The Morgan fingerprint density at radius 1 is 1.00 bits per heavy atom. The quantitative estimate of drug-likeness (QED) is 0.537. The number of carbonyl (C=O) groups is 2. The zero-order valence-electron chi connectivity index (χ0n) is 18.2. The van der Waals surface area contributed by atoms with E-state index in [4.69, 9.17) is 5.73 Å². The van der Waals surface area contributed by atoms with Crippen molar-refractivity contribution in [2.24, 2.45) is 17.1 Å². The molecule has 1 aliphatic carbocycles. The molecule has 0 fully saturated rings. The Labute approximate surface area is 187 Å². The van der Waals surface area contributed by atoms with Crippen LogP contribution < -0.4 is 11.1 Å². The number of rotatable bonds is 4. The third-order valence-corrected chi connectivity index (χ3v) is 7.39. The fourth-order valence-corrected chi connectivity index (χ4v) is 5.62. The van der Waals surface area contributed by atoms with Gasteiger partial charge in [0, 0.05) is 10.4 Å². The molecule has 1 aliphatic rings. The second-order valence-corrected chi connectivity index (χ2v) is 10.4. The average Bonchev–Trinajstić information content (AvgIpc) is 3.11. The molecule has 1 heterocycles. The highest BCUT2D eigenvalue weighted by atomic mass is 32.1. The lowest BCUT2D eigenvalue weighted by Gasteiger charge is -2.33. The topological polar surface area (TPSA) is 72.2 Å². The van der Waals surface area contributed by atoms with Crippen LogP contribution in [0.1, 0.15) is 58.3 Å². The van der Waals surface area contributed by atoms with Crippen LogP contribution in [0, 0.1) is 11.3 Å². The summed E-state index contributed by atoms with van der Waals surface area (Å²) in [5.74, 6) is -0.150. The molecule has 0 spiro atoms. The van der Waals surface area contributed by atoms with Crippen LogP contribution in [0.3, 0.4) is 0 Å². The number of carbonyl (C=O) groups excluding carboxylic acids is 2. The lowest BCUT2D eigenvalue weighted by molar-refractivity contribution is 0.1000. The highest BCUT2D eigenvalue weighted by Gasteiger charge is 2.33. The van der Waals surface area contributed by atoms with Crippen LogP contribution in [0.4, 0.5) is 5.00 Å². The van der Waals surface area contributed by atoms with Gasteiger partial charge in [-0.1, -0.05) is 63.2 Å². The minimum Gasteiger partial charge on any atom is -0.365 e. The number of nitrogens with two attached hydrogens (primary N) is 1. The molecule has 4 rings (SSSR count). The zero-order valence-corrected chi connectivity index (χ0v) is 19.0. The van der Waals surface area contributed by atoms with Crippen LogP contribution >= 0.6 is 11.3 Å². The van der Waals surface area contributed by atoms with E-state index in [9.17, 15) is 9.59 Å². The highest BCUT2D eigenvalue weighted by Crippen LogP contribution is 2.44. The van der Waals surface area contributed by atoms with Gasteiger partial charge in [0.05, 0.1) is 5.56 Å². The Bertz CT molecular complexity index is 1110. The van der Waals surface area contributed by atoms with Gasteiger partial charge < -0.3 is 11.1 Å². The number of primary amides is 1. The summed E-state index contributed by atoms with van der Waals surface area (Å²) in [6.45, 7) is 6.77. The number of nitrogens with one attached hydrogen (secondary N) is 1. The van der Waals surface area contributed by atoms with Crippen molar-refractivity contribution >= 4 is 28.2 Å². The van der Waals surface area contributed by atoms with Gasteiger partial charge in [-0.25, -0.2) is 0 Å². The summed E-state index contributed by atoms with van der Waals surface area (Å²) in [4.78, 5) is 26.3. The van der Waals surface area contributed by atoms with E-state index >= 15 is 0 Å². The van der Waals surface area contributed by atoms with Crippen molar-refractivity contribution in [2.75, 3.05) is 5.32 Å². The largest absolute Gasteiger partial charge is 0.365 e. The summed E-state index contributed by atoms with van der Waals surface area (Å²) in [6.07, 6.45) is 2.78. The van der Waals surface area contributed by atoms with Gasteiger partial charge in [-0.05, 0) is 59.4 Å². The van der Waals surface area contributed by atoms with Gasteiger partial charge in [-0.2, -0.15) is 0 Å². The normalized spacial score (nSPS) is 15.9. The van der Waals surface area contributed by atoms with E-state index in [1.165, 1.54) is 16.2 Å². The second-order valence-electron chi connectivity index (χ2n) is 9.28. The molecule has 1 unspecified atom stereocenters. The van der Waals surface area contributed by atoms with Crippen LogP contribution in [0.15, 0.2) is 54.6 Å². The van der Waals surface area contributed by atoms with Crippen molar-refractivity contribution < 1.29 is 9.59 Å². The van der Waals surface area contributed by atoms with E-state index in [-0.39, 0.29) is 11.3 Å². The fraction of sp³-hybridized carbons (Fsp3) is 0.308. The molecule has 2 aromatic carbocycles. The van der Waals surface area contributed by atoms with Crippen molar-refractivity contribution in [1.29, 1.82) is 0 Å². The number of hydrogen-bond donors (Lipinski definition) is 2. The molecule has 3 N–H and O–H groups in total. The summed E-state index contributed by atoms with van der Waals surface area (Å²) in [6, 6.07) is 17.5. The first kappa shape index (κ1) is 21.3. The maximum atomic E-state index is 12.9. The molecule has 0 bridgehead atoms. The first-order valence-electron chi connectivity index (χ1n) is 10.6. The van der Waals surface area contributed by atoms with Crippen molar-refractivity contribution in [1.82, 2.24) is 0 Å². The molecule has 0 radical (unpaired) electrons. The summed E-state index contributed by atoms with van der Waals surface area (Å²) in [5, 5.41) is 3.53. The lowest BCUT2D eigenvalue weighted by atomic mass is 9.72. The Hall–Kier alpha value is -2.92. The molecule has 3 aromatic rings. The van der Waals surface area contributed by atoms with Gasteiger partial charge in [0.1, 0.15) is 5.00 Å². The van der Waals surface area contributed by atoms with Crippen LogP contribution in [0.2, 0.25) is 0 Å². The minimum atomic E-state index is -0.471. The standard InChI is InChI=1S/C26H28N2O2S/c1-26(2,3)19-13-14-20-21(15-19)31-25(22(20)23(27)29)28-24(30)18-11-9-17(10-12-18)16-7-5-4-6-8-16/h4-12,19H,13-15H2,1-3H3,(H2,27,29)(H,28,30). The molecule has 0 aliphatic heterocycles. The van der Waals surface area contributed by atoms with Crippen molar-refractivity contribution in [3.05, 3.63) is 76.2 Å². The number of thiophene rings is 1. The van der Waals surface area contributed by atoms with E-state index in [2.05, 4.69) is 26.1 Å². The fourth-order valence-electron chi connectivity index (χ4n) is 4.29. The number of benzene rings is 2. The maximum absolute atomic E-state index is 12.9. The van der Waals surface area contributed by atoms with Gasteiger partial charge in [-0.3, -0.25) is 9.59 Å². The lowest BCUT2D eigenvalue weighted by Crippen LogP contribution is -2.27. The van der Waals surface area contributed by atoms with Crippen molar-refractivity contribution in [3.8, 4) is 11.1 Å². The van der Waals surface area contributed by atoms with Gasteiger partial charge in [0.15, 0.2) is 0 Å². The molecule has 160 valence electrons. The molecule has 0 saturated carbocycles. The van der Waals surface area contributed by atoms with Gasteiger partial charge >= 0.3 is 0 Å². The summed E-state index contributed by atoms with van der Waals surface area (Å²) < 4.78 is 0. The predicted octanol–water partition coefficient (Wildman–Crippen LogP) is 5.92. The Morgan fingerprint density at radius 2 is 1.65 bits per heavy atom. The molecule has 31 heavy (non-hydrogen) atoms. The summed E-state index contributed by atoms with van der Waals surface area (Å²) in [7, 11) is 0. The third-order valence-electron chi connectivity index (χ3n) is 6.22. The minimum absolute atomic E-state index is 0.207. The smallest absolute Gasteiger partial charge is 0.256 e. The molecule has 1 atom stereocenters. The first-order valence-corrected chi connectivity index (χ1v) is 11.5. The Balaban J connectivity index is 1.57. The third kappa shape index (κ3) is 4.42. The van der Waals surface area contributed by atoms with E-state index < -0.39 is 5.91 Å². The molecule has 4 nitrogen and oxygen atoms in total. The monoisotopic (exact) mass is 432 g/mol. The Morgan fingerprint density at radius 3 is 2.26 bits per heavy atom. The zero-order chi connectivity index (χ0) is 22.2. The highest BCUT2D eigenvalue weighted by molar-refractivity contribution is 7.17. The SMILES string of the molecule is CC(C)(C)C1CCc2c(sc(NC(=O)c3ccc(-c4ccccc4)cc3)c2C(N)=O)C1. The molecular formula is C26H28N2O2S. The van der Waals surface area contributed by atoms with E-state index in [0.717, 1.165) is 36.0 Å². The molecule has 1 aromatic heterocycles. The maximum Gasteiger partial charge on any atom is 0.256 e. The number of fused-ring (bicyclic) bond motifs is 1. The average molecular weight is 433 g/mol. The summed E-state index contributed by atoms with van der Waals surface area (Å²) >= 11 is 1.50. The van der Waals surface area contributed by atoms with Gasteiger partial charge in [0.2, 0.25) is 0 Å². The Kier molecular flexibility index (Phi) is 5.71. The van der Waals surface area contributed by atoms with Crippen molar-refractivity contribution in [3.63, 3.8) is 0 Å².